The van der Waals surface area contributed by atoms with Crippen molar-refractivity contribution in [3.8, 4) is 11.4 Å². The lowest BCUT2D eigenvalue weighted by atomic mass is 10.3. The summed E-state index contributed by atoms with van der Waals surface area (Å²) in [7, 11) is 1.52. The Morgan fingerprint density at radius 2 is 2.03 bits per heavy atom. The number of carbonyl (C=O) groups excluding carboxylic acids is 1. The zero-order chi connectivity index (χ0) is 20.4. The zero-order valence-corrected chi connectivity index (χ0v) is 16.1. The van der Waals surface area contributed by atoms with Gasteiger partial charge in [-0.1, -0.05) is 29.8 Å². The van der Waals surface area contributed by atoms with Crippen molar-refractivity contribution in [2.24, 2.45) is 0 Å². The van der Waals surface area contributed by atoms with Crippen LogP contribution in [-0.4, -0.2) is 32.3 Å². The first-order valence-corrected chi connectivity index (χ1v) is 9.06. The quantitative estimate of drug-likeness (QED) is 0.547. The fraction of sp³-hybridized carbons (Fsp3) is 0.100. The maximum atomic E-state index is 12.8. The van der Waals surface area contributed by atoms with Crippen LogP contribution in [0.5, 0.6) is 5.75 Å². The van der Waals surface area contributed by atoms with Crippen LogP contribution in [0.25, 0.3) is 16.7 Å². The van der Waals surface area contributed by atoms with Crippen molar-refractivity contribution in [2.45, 2.75) is 6.54 Å². The number of nitrogens with zero attached hydrogens (tertiary/aromatic N) is 4. The maximum absolute atomic E-state index is 12.8. The van der Waals surface area contributed by atoms with E-state index in [1.54, 1.807) is 42.5 Å². The third-order valence-electron chi connectivity index (χ3n) is 4.30. The Hall–Kier alpha value is -3.65. The molecule has 0 atom stereocenters. The second-order valence-electron chi connectivity index (χ2n) is 6.20. The number of hydrogen-bond donors (Lipinski definition) is 1. The fourth-order valence-corrected chi connectivity index (χ4v) is 3.13. The maximum Gasteiger partial charge on any atom is 0.264 e. The molecule has 4 aromatic rings. The predicted octanol–water partition coefficient (Wildman–Crippen LogP) is 2.88. The van der Waals surface area contributed by atoms with E-state index in [1.165, 1.54) is 28.9 Å². The van der Waals surface area contributed by atoms with Gasteiger partial charge >= 0.3 is 0 Å². The number of benzene rings is 2. The predicted molar refractivity (Wildman–Crippen MR) is 110 cm³/mol. The van der Waals surface area contributed by atoms with Gasteiger partial charge in [0.05, 0.1) is 24.7 Å². The molecule has 9 heteroatoms. The normalized spacial score (nSPS) is 10.8. The molecule has 0 aliphatic rings. The number of halogens is 1. The topological polar surface area (TPSA) is 91.0 Å². The minimum absolute atomic E-state index is 0.192. The number of hydrogen-bond acceptors (Lipinski definition) is 5. The number of aromatic nitrogens is 4. The summed E-state index contributed by atoms with van der Waals surface area (Å²) in [6, 6.07) is 14.1. The van der Waals surface area contributed by atoms with Gasteiger partial charge in [-0.25, -0.2) is 9.67 Å². The second kappa shape index (κ2) is 7.76. The molecule has 1 N–H and O–H groups in total. The van der Waals surface area contributed by atoms with Crippen molar-refractivity contribution < 1.29 is 9.53 Å². The van der Waals surface area contributed by atoms with Gasteiger partial charge in [-0.05, 0) is 30.3 Å². The number of methoxy groups -OCH3 is 1. The third kappa shape index (κ3) is 3.70. The Morgan fingerprint density at radius 3 is 2.83 bits per heavy atom. The first-order chi connectivity index (χ1) is 14.1. The molecule has 0 aliphatic carbocycles. The number of para-hydroxylation sites is 2. The molecule has 8 nitrogen and oxygen atoms in total. The Bertz CT molecular complexity index is 1260. The number of anilines is 1. The highest BCUT2D eigenvalue weighted by Crippen LogP contribution is 2.23. The molecule has 0 spiro atoms. The third-order valence-corrected chi connectivity index (χ3v) is 4.54. The van der Waals surface area contributed by atoms with Gasteiger partial charge in [0.2, 0.25) is 5.91 Å². The van der Waals surface area contributed by atoms with Crippen LogP contribution in [-0.2, 0) is 11.3 Å². The van der Waals surface area contributed by atoms with Gasteiger partial charge < -0.3 is 10.1 Å². The molecule has 2 aromatic heterocycles. The van der Waals surface area contributed by atoms with Crippen LogP contribution < -0.4 is 15.6 Å². The monoisotopic (exact) mass is 409 g/mol. The summed E-state index contributed by atoms with van der Waals surface area (Å²) >= 11 is 6.03. The van der Waals surface area contributed by atoms with Gasteiger partial charge in [-0.3, -0.25) is 14.2 Å². The Kier molecular flexibility index (Phi) is 5.01. The first-order valence-electron chi connectivity index (χ1n) is 8.69. The van der Waals surface area contributed by atoms with E-state index in [4.69, 9.17) is 16.3 Å². The lowest BCUT2D eigenvalue weighted by Gasteiger charge is -2.10. The van der Waals surface area contributed by atoms with Crippen molar-refractivity contribution in [2.75, 3.05) is 12.4 Å². The first kappa shape index (κ1) is 18.7. The summed E-state index contributed by atoms with van der Waals surface area (Å²) < 4.78 is 7.98. The number of amides is 1. The largest absolute Gasteiger partial charge is 0.495 e. The van der Waals surface area contributed by atoms with Crippen LogP contribution in [0.4, 0.5) is 5.69 Å². The molecule has 0 saturated carbocycles. The van der Waals surface area contributed by atoms with E-state index in [0.29, 0.717) is 33.2 Å². The van der Waals surface area contributed by atoms with Gasteiger partial charge in [0.1, 0.15) is 24.0 Å². The molecule has 0 saturated heterocycles. The van der Waals surface area contributed by atoms with E-state index in [-0.39, 0.29) is 18.0 Å². The average Bonchev–Trinajstić information content (AvgIpc) is 3.15. The highest BCUT2D eigenvalue weighted by molar-refractivity contribution is 6.30. The molecule has 0 aliphatic heterocycles. The van der Waals surface area contributed by atoms with Crippen molar-refractivity contribution >= 4 is 34.2 Å². The van der Waals surface area contributed by atoms with E-state index in [2.05, 4.69) is 15.4 Å². The molecule has 2 heterocycles. The van der Waals surface area contributed by atoms with Crippen molar-refractivity contribution in [3.63, 3.8) is 0 Å². The van der Waals surface area contributed by atoms with Crippen LogP contribution in [0.15, 0.2) is 65.8 Å². The van der Waals surface area contributed by atoms with Crippen molar-refractivity contribution in [1.82, 2.24) is 19.3 Å². The standard InChI is InChI=1S/C20H16ClN5O3/c1-29-17-8-3-2-7-16(17)24-18(27)11-25-12-22-19-15(20(25)28)10-23-26(19)14-6-4-5-13(21)9-14/h2-10,12H,11H2,1H3,(H,24,27). The Morgan fingerprint density at radius 1 is 1.21 bits per heavy atom. The van der Waals surface area contributed by atoms with E-state index in [0.717, 1.165) is 0 Å². The molecule has 0 bridgehead atoms. The van der Waals surface area contributed by atoms with Crippen molar-refractivity contribution in [3.05, 3.63) is 76.4 Å². The summed E-state index contributed by atoms with van der Waals surface area (Å²) in [5, 5.41) is 7.83. The van der Waals surface area contributed by atoms with Gasteiger partial charge in [0.15, 0.2) is 5.65 Å². The van der Waals surface area contributed by atoms with Gasteiger partial charge in [0, 0.05) is 5.02 Å². The molecule has 29 heavy (non-hydrogen) atoms. The van der Waals surface area contributed by atoms with Crippen LogP contribution >= 0.6 is 11.6 Å². The van der Waals surface area contributed by atoms with Gasteiger partial charge in [0.25, 0.3) is 5.56 Å². The van der Waals surface area contributed by atoms with Crippen LogP contribution in [0, 0.1) is 0 Å². The highest BCUT2D eigenvalue weighted by atomic mass is 35.5. The Balaban J connectivity index is 1.62. The van der Waals surface area contributed by atoms with Gasteiger partial charge in [-0.2, -0.15) is 5.10 Å². The number of fused-ring (bicyclic) bond motifs is 1. The smallest absolute Gasteiger partial charge is 0.264 e. The Labute approximate surface area is 170 Å². The lowest BCUT2D eigenvalue weighted by Crippen LogP contribution is -2.28. The lowest BCUT2D eigenvalue weighted by molar-refractivity contribution is -0.116. The molecule has 4 rings (SSSR count). The summed E-state index contributed by atoms with van der Waals surface area (Å²) in [4.78, 5) is 29.5. The van der Waals surface area contributed by atoms with Gasteiger partial charge in [-0.15, -0.1) is 0 Å². The number of ether oxygens (including phenoxy) is 1. The summed E-state index contributed by atoms with van der Waals surface area (Å²) in [5.74, 6) is 0.157. The SMILES string of the molecule is COc1ccccc1NC(=O)Cn1cnc2c(cnn2-c2cccc(Cl)c2)c1=O. The van der Waals surface area contributed by atoms with E-state index < -0.39 is 0 Å². The molecule has 1 amide bonds. The molecule has 2 aromatic carbocycles. The molecule has 0 radical (unpaired) electrons. The van der Waals surface area contributed by atoms with E-state index in [1.807, 2.05) is 6.07 Å². The number of nitrogens with one attached hydrogen (secondary N) is 1. The number of carbonyl (C=O) groups is 1. The average molecular weight is 410 g/mol. The fourth-order valence-electron chi connectivity index (χ4n) is 2.95. The zero-order valence-electron chi connectivity index (χ0n) is 15.4. The molecular formula is C20H16ClN5O3. The summed E-state index contributed by atoms with van der Waals surface area (Å²) in [6.07, 6.45) is 2.76. The van der Waals surface area contributed by atoms with Crippen LogP contribution in [0.2, 0.25) is 5.02 Å². The van der Waals surface area contributed by atoms with E-state index >= 15 is 0 Å². The number of rotatable bonds is 5. The summed E-state index contributed by atoms with van der Waals surface area (Å²) in [5.41, 5.74) is 1.24. The highest BCUT2D eigenvalue weighted by Gasteiger charge is 2.14. The van der Waals surface area contributed by atoms with Crippen molar-refractivity contribution in [1.29, 1.82) is 0 Å². The van der Waals surface area contributed by atoms with Crippen LogP contribution in [0.1, 0.15) is 0 Å². The minimum Gasteiger partial charge on any atom is -0.495 e. The second-order valence-corrected chi connectivity index (χ2v) is 6.64. The molecule has 146 valence electrons. The summed E-state index contributed by atoms with van der Waals surface area (Å²) in [6.45, 7) is -0.192. The van der Waals surface area contributed by atoms with E-state index in [9.17, 15) is 9.59 Å². The molecule has 0 unspecified atom stereocenters. The van der Waals surface area contributed by atoms with Crippen LogP contribution in [0.3, 0.4) is 0 Å². The minimum atomic E-state index is -0.375. The molecule has 0 fully saturated rings. The molecular weight excluding hydrogens is 394 g/mol.